The number of nitrogens with zero attached hydrogens (tertiary/aromatic N) is 5. The van der Waals surface area contributed by atoms with E-state index in [2.05, 4.69) is 37.7 Å². The zero-order valence-corrected chi connectivity index (χ0v) is 14.6. The van der Waals surface area contributed by atoms with Gasteiger partial charge < -0.3 is 10.4 Å². The van der Waals surface area contributed by atoms with Gasteiger partial charge >= 0.3 is 0 Å². The summed E-state index contributed by atoms with van der Waals surface area (Å²) in [6.45, 7) is 0. The highest BCUT2D eigenvalue weighted by atomic mass is 19.2. The van der Waals surface area contributed by atoms with E-state index in [0.29, 0.717) is 15.9 Å². The molecule has 144 valence electrons. The van der Waals surface area contributed by atoms with Gasteiger partial charge in [-0.05, 0) is 40.8 Å². The zero-order valence-electron chi connectivity index (χ0n) is 14.6. The molecule has 0 amide bonds. The molecule has 2 aromatic heterocycles. The van der Waals surface area contributed by atoms with Crippen LogP contribution in [0.2, 0.25) is 0 Å². The molecule has 0 fully saturated rings. The minimum absolute atomic E-state index is 0.182. The first kappa shape index (κ1) is 19.3. The van der Waals surface area contributed by atoms with E-state index >= 15 is 0 Å². The molecule has 7 nitrogen and oxygen atoms in total. The number of benzene rings is 1. The van der Waals surface area contributed by atoms with Crippen LogP contribution >= 0.6 is 0 Å². The maximum Gasteiger partial charge on any atom is 0.224 e. The van der Waals surface area contributed by atoms with Crippen LogP contribution in [0.15, 0.2) is 42.9 Å². The molecule has 28 heavy (non-hydrogen) atoms. The van der Waals surface area contributed by atoms with Gasteiger partial charge in [0.1, 0.15) is 18.2 Å². The fourth-order valence-electron chi connectivity index (χ4n) is 2.31. The highest BCUT2D eigenvalue weighted by Gasteiger charge is 2.32. The number of aliphatic hydroxyl groups excluding tert-OH is 1. The molecule has 3 unspecified atom stereocenters. The van der Waals surface area contributed by atoms with Crippen molar-refractivity contribution in [3.63, 3.8) is 0 Å². The summed E-state index contributed by atoms with van der Waals surface area (Å²) in [6.07, 6.45) is -4.14. The fraction of sp³-hybridized carbons (Fsp3) is 0.222. The Kier molecular flexibility index (Phi) is 5.86. The molecule has 2 N–H and O–H groups in total. The van der Waals surface area contributed by atoms with Crippen LogP contribution in [-0.4, -0.2) is 43.4 Å². The zero-order chi connectivity index (χ0) is 20.1. The van der Waals surface area contributed by atoms with E-state index in [4.69, 9.17) is 0 Å². The molecule has 10 heteroatoms. The van der Waals surface area contributed by atoms with Gasteiger partial charge in [-0.15, -0.1) is 5.10 Å². The second kappa shape index (κ2) is 8.49. The van der Waals surface area contributed by atoms with E-state index in [1.807, 2.05) is 0 Å². The summed E-state index contributed by atoms with van der Waals surface area (Å²) in [7, 11) is 1.68. The Balaban J connectivity index is 1.72. The molecule has 3 aromatic rings. The number of tetrazole rings is 1. The number of halogens is 3. The number of alkyl halides is 2. The van der Waals surface area contributed by atoms with E-state index in [-0.39, 0.29) is 11.3 Å². The lowest BCUT2D eigenvalue weighted by molar-refractivity contribution is -0.0294. The van der Waals surface area contributed by atoms with Crippen molar-refractivity contribution in [1.82, 2.24) is 25.2 Å². The molecule has 0 saturated carbocycles. The molecule has 2 heterocycles. The summed E-state index contributed by atoms with van der Waals surface area (Å²) in [6, 6.07) is 7.24. The number of pyridine rings is 1. The lowest BCUT2D eigenvalue weighted by Gasteiger charge is -2.18. The van der Waals surface area contributed by atoms with E-state index in [1.165, 1.54) is 30.5 Å². The van der Waals surface area contributed by atoms with Crippen LogP contribution in [0.25, 0.3) is 0 Å². The van der Waals surface area contributed by atoms with Gasteiger partial charge in [-0.25, -0.2) is 13.2 Å². The Labute approximate surface area is 158 Å². The third kappa shape index (κ3) is 4.27. The summed E-state index contributed by atoms with van der Waals surface area (Å²) < 4.78 is 42.9. The van der Waals surface area contributed by atoms with Crippen LogP contribution in [0.4, 0.5) is 18.9 Å². The lowest BCUT2D eigenvalue weighted by Crippen LogP contribution is -2.26. The molecule has 1 aromatic carbocycles. The summed E-state index contributed by atoms with van der Waals surface area (Å²) in [5.74, 6) is 4.91. The van der Waals surface area contributed by atoms with Crippen molar-refractivity contribution < 1.29 is 18.3 Å². The van der Waals surface area contributed by atoms with Crippen LogP contribution in [0.3, 0.4) is 0 Å². The molecule has 3 atom stereocenters. The van der Waals surface area contributed by atoms with E-state index in [9.17, 15) is 18.3 Å². The number of rotatable bonds is 5. The van der Waals surface area contributed by atoms with Gasteiger partial charge in [0.25, 0.3) is 0 Å². The van der Waals surface area contributed by atoms with Crippen molar-refractivity contribution in [2.45, 2.75) is 18.6 Å². The van der Waals surface area contributed by atoms with Gasteiger partial charge in [0, 0.05) is 24.5 Å². The maximum atomic E-state index is 14.4. The smallest absolute Gasteiger partial charge is 0.224 e. The van der Waals surface area contributed by atoms with Crippen LogP contribution in [-0.2, 0) is 0 Å². The summed E-state index contributed by atoms with van der Waals surface area (Å²) >= 11 is 0. The Hall–Kier alpha value is -3.45. The maximum absolute atomic E-state index is 14.4. The minimum atomic E-state index is -2.17. The molecule has 0 spiro atoms. The SMILES string of the molecule is CNc1ccc(C#Cc2ccc(C(F)C(O)C(F)n3cnnn3)nc2)c(F)c1. The predicted molar refractivity (Wildman–Crippen MR) is 94.0 cm³/mol. The van der Waals surface area contributed by atoms with E-state index in [1.54, 1.807) is 13.1 Å². The second-order valence-corrected chi connectivity index (χ2v) is 5.72. The molecule has 0 bridgehead atoms. The van der Waals surface area contributed by atoms with Crippen LogP contribution < -0.4 is 5.32 Å². The Bertz CT molecular complexity index is 985. The summed E-state index contributed by atoms with van der Waals surface area (Å²) in [5.41, 5.74) is 1.04. The first-order valence-corrected chi connectivity index (χ1v) is 8.13. The number of hydrogen-bond acceptors (Lipinski definition) is 6. The first-order valence-electron chi connectivity index (χ1n) is 8.13. The van der Waals surface area contributed by atoms with Crippen molar-refractivity contribution in [1.29, 1.82) is 0 Å². The van der Waals surface area contributed by atoms with Gasteiger partial charge in [0.05, 0.1) is 11.3 Å². The highest BCUT2D eigenvalue weighted by molar-refractivity contribution is 5.50. The number of hydrogen-bond donors (Lipinski definition) is 2. The Morgan fingerprint density at radius 1 is 1.18 bits per heavy atom. The Morgan fingerprint density at radius 2 is 2.00 bits per heavy atom. The average Bonchev–Trinajstić information content (AvgIpc) is 3.26. The Morgan fingerprint density at radius 3 is 2.61 bits per heavy atom. The number of anilines is 1. The van der Waals surface area contributed by atoms with Gasteiger partial charge in [-0.1, -0.05) is 11.8 Å². The molecule has 0 radical (unpaired) electrons. The first-order chi connectivity index (χ1) is 13.5. The van der Waals surface area contributed by atoms with Crippen molar-refractivity contribution >= 4 is 5.69 Å². The third-order valence-electron chi connectivity index (χ3n) is 3.87. The van der Waals surface area contributed by atoms with Crippen LogP contribution in [0.5, 0.6) is 0 Å². The van der Waals surface area contributed by atoms with Gasteiger partial charge in [-0.2, -0.15) is 4.68 Å². The molecule has 0 aliphatic rings. The monoisotopic (exact) mass is 388 g/mol. The topological polar surface area (TPSA) is 88.8 Å². The van der Waals surface area contributed by atoms with Gasteiger partial charge in [0.2, 0.25) is 6.30 Å². The molecular formula is C18H15F3N6O. The molecular weight excluding hydrogens is 373 g/mol. The normalized spacial score (nSPS) is 13.9. The highest BCUT2D eigenvalue weighted by Crippen LogP contribution is 2.27. The number of aromatic nitrogens is 5. The van der Waals surface area contributed by atoms with Gasteiger partial charge in [0.15, 0.2) is 6.17 Å². The number of nitrogens with one attached hydrogen (secondary N) is 1. The van der Waals surface area contributed by atoms with Crippen molar-refractivity contribution in [3.05, 3.63) is 65.5 Å². The third-order valence-corrected chi connectivity index (χ3v) is 3.87. The largest absolute Gasteiger partial charge is 0.388 e. The summed E-state index contributed by atoms with van der Waals surface area (Å²) in [4.78, 5) is 3.86. The molecule has 0 saturated heterocycles. The predicted octanol–water partition coefficient (Wildman–Crippen LogP) is 2.19. The van der Waals surface area contributed by atoms with E-state index < -0.39 is 24.4 Å². The quantitative estimate of drug-likeness (QED) is 0.652. The molecule has 0 aliphatic heterocycles. The second-order valence-electron chi connectivity index (χ2n) is 5.72. The van der Waals surface area contributed by atoms with Crippen molar-refractivity contribution in [2.75, 3.05) is 12.4 Å². The number of aliphatic hydroxyl groups is 1. The standard InChI is InChI=1S/C18H15F3N6O/c1-22-13-6-5-12(14(19)8-13)4-2-11-3-7-15(23-9-11)16(20)17(28)18(21)27-10-24-25-26-27/h3,5-10,16-18,22,28H,1H3. The molecule has 0 aliphatic carbocycles. The van der Waals surface area contributed by atoms with Crippen LogP contribution in [0.1, 0.15) is 29.3 Å². The van der Waals surface area contributed by atoms with Gasteiger partial charge in [-0.3, -0.25) is 4.98 Å². The lowest BCUT2D eigenvalue weighted by atomic mass is 10.1. The fourth-order valence-corrected chi connectivity index (χ4v) is 2.31. The molecule has 3 rings (SSSR count). The average molecular weight is 388 g/mol. The van der Waals surface area contributed by atoms with E-state index in [0.717, 1.165) is 6.33 Å². The summed E-state index contributed by atoms with van der Waals surface area (Å²) in [5, 5.41) is 22.4. The van der Waals surface area contributed by atoms with Crippen molar-refractivity contribution in [2.24, 2.45) is 0 Å². The van der Waals surface area contributed by atoms with Crippen molar-refractivity contribution in [3.8, 4) is 11.8 Å². The van der Waals surface area contributed by atoms with Crippen LogP contribution in [0, 0.1) is 17.7 Å². The minimum Gasteiger partial charge on any atom is -0.388 e.